The molecule has 3 rings (SSSR count). The molecule has 3 aromatic rings. The number of aromatic nitrogens is 2. The van der Waals surface area contributed by atoms with E-state index >= 15 is 0 Å². The van der Waals surface area contributed by atoms with Gasteiger partial charge in [0.05, 0.1) is 17.4 Å². The van der Waals surface area contributed by atoms with E-state index < -0.39 is 0 Å². The molecule has 0 aliphatic carbocycles. The van der Waals surface area contributed by atoms with Gasteiger partial charge in [0, 0.05) is 5.69 Å². The van der Waals surface area contributed by atoms with Gasteiger partial charge in [-0.2, -0.15) is 0 Å². The molecule has 0 saturated heterocycles. The zero-order valence-electron chi connectivity index (χ0n) is 14.0. The first-order valence-electron chi connectivity index (χ1n) is 7.73. The van der Waals surface area contributed by atoms with Crippen molar-refractivity contribution in [3.8, 4) is 0 Å². The number of aryl methyl sites for hydroxylation is 4. The lowest BCUT2D eigenvalue weighted by atomic mass is 10.1. The second-order valence-electron chi connectivity index (χ2n) is 6.16. The van der Waals surface area contributed by atoms with E-state index in [9.17, 15) is 4.79 Å². The van der Waals surface area contributed by atoms with Crippen molar-refractivity contribution in [3.05, 3.63) is 58.9 Å². The molecular formula is C19H21N3O. The third-order valence-corrected chi connectivity index (χ3v) is 4.22. The Hall–Kier alpha value is -2.62. The third-order valence-electron chi connectivity index (χ3n) is 4.22. The molecule has 0 atom stereocenters. The molecule has 4 nitrogen and oxygen atoms in total. The van der Waals surface area contributed by atoms with E-state index in [4.69, 9.17) is 0 Å². The highest BCUT2D eigenvalue weighted by Gasteiger charge is 2.10. The molecule has 23 heavy (non-hydrogen) atoms. The third kappa shape index (κ3) is 3.11. The summed E-state index contributed by atoms with van der Waals surface area (Å²) in [7, 11) is 0. The van der Waals surface area contributed by atoms with Gasteiger partial charge >= 0.3 is 0 Å². The van der Waals surface area contributed by atoms with Crippen LogP contribution >= 0.6 is 0 Å². The van der Waals surface area contributed by atoms with Gasteiger partial charge in [-0.3, -0.25) is 4.79 Å². The second kappa shape index (κ2) is 5.88. The Kier molecular flexibility index (Phi) is 3.90. The fraction of sp³-hybridized carbons (Fsp3) is 0.263. The molecule has 0 radical (unpaired) electrons. The normalized spacial score (nSPS) is 11.0. The zero-order valence-corrected chi connectivity index (χ0v) is 14.0. The number of carbonyl (C=O) groups is 1. The van der Waals surface area contributed by atoms with Crippen molar-refractivity contribution >= 4 is 22.6 Å². The minimum Gasteiger partial charge on any atom is -0.324 e. The summed E-state index contributed by atoms with van der Waals surface area (Å²) < 4.78 is 1.89. The number of benzene rings is 2. The van der Waals surface area contributed by atoms with Gasteiger partial charge < -0.3 is 9.88 Å². The Morgan fingerprint density at radius 3 is 2.57 bits per heavy atom. The highest BCUT2D eigenvalue weighted by atomic mass is 16.1. The van der Waals surface area contributed by atoms with Crippen LogP contribution in [0.5, 0.6) is 0 Å². The zero-order chi connectivity index (χ0) is 16.6. The van der Waals surface area contributed by atoms with Crippen molar-refractivity contribution in [2.45, 2.75) is 34.2 Å². The second-order valence-corrected chi connectivity index (χ2v) is 6.16. The Morgan fingerprint density at radius 1 is 1.04 bits per heavy atom. The summed E-state index contributed by atoms with van der Waals surface area (Å²) in [6, 6.07) is 10.2. The van der Waals surface area contributed by atoms with E-state index in [0.717, 1.165) is 27.8 Å². The van der Waals surface area contributed by atoms with E-state index in [1.54, 1.807) is 6.33 Å². The largest absolute Gasteiger partial charge is 0.324 e. The van der Waals surface area contributed by atoms with Crippen LogP contribution < -0.4 is 5.32 Å². The standard InChI is InChI=1S/C19H21N3O/c1-12-5-6-13(2)16(7-12)21-19(23)10-22-11-20-17-8-14(3)15(4)9-18(17)22/h5-9,11H,10H2,1-4H3,(H,21,23). The summed E-state index contributed by atoms with van der Waals surface area (Å²) in [6.07, 6.45) is 1.73. The lowest BCUT2D eigenvalue weighted by Gasteiger charge is -2.10. The maximum atomic E-state index is 12.4. The molecule has 0 spiro atoms. The number of amides is 1. The number of fused-ring (bicyclic) bond motifs is 1. The smallest absolute Gasteiger partial charge is 0.244 e. The number of nitrogens with one attached hydrogen (secondary N) is 1. The molecule has 118 valence electrons. The Balaban J connectivity index is 1.83. The van der Waals surface area contributed by atoms with Gasteiger partial charge in [0.1, 0.15) is 6.54 Å². The first kappa shape index (κ1) is 15.3. The minimum atomic E-state index is -0.0452. The Labute approximate surface area is 136 Å². The molecule has 4 heteroatoms. The number of carbonyl (C=O) groups excluding carboxylic acids is 1. The highest BCUT2D eigenvalue weighted by Crippen LogP contribution is 2.19. The van der Waals surface area contributed by atoms with Crippen LogP contribution in [0.2, 0.25) is 0 Å². The van der Waals surface area contributed by atoms with Crippen molar-refractivity contribution in [1.29, 1.82) is 0 Å². The van der Waals surface area contributed by atoms with Gasteiger partial charge in [0.25, 0.3) is 0 Å². The predicted octanol–water partition coefficient (Wildman–Crippen LogP) is 3.91. The summed E-state index contributed by atoms with van der Waals surface area (Å²) in [4.78, 5) is 16.8. The number of nitrogens with zero attached hydrogens (tertiary/aromatic N) is 2. The van der Waals surface area contributed by atoms with Crippen molar-refractivity contribution in [2.75, 3.05) is 5.32 Å². The molecular weight excluding hydrogens is 286 g/mol. The molecule has 1 heterocycles. The van der Waals surface area contributed by atoms with Crippen molar-refractivity contribution in [1.82, 2.24) is 9.55 Å². The molecule has 0 bridgehead atoms. The maximum absolute atomic E-state index is 12.4. The molecule has 0 fully saturated rings. The van der Waals surface area contributed by atoms with E-state index in [0.29, 0.717) is 0 Å². The highest BCUT2D eigenvalue weighted by molar-refractivity contribution is 5.92. The molecule has 1 aromatic heterocycles. The number of rotatable bonds is 3. The number of imidazole rings is 1. The van der Waals surface area contributed by atoms with Gasteiger partial charge in [-0.25, -0.2) is 4.98 Å². The van der Waals surface area contributed by atoms with Crippen LogP contribution in [0, 0.1) is 27.7 Å². The molecule has 0 aliphatic rings. The van der Waals surface area contributed by atoms with Crippen LogP contribution in [0.15, 0.2) is 36.7 Å². The van der Waals surface area contributed by atoms with E-state index in [1.807, 2.05) is 36.6 Å². The van der Waals surface area contributed by atoms with E-state index in [2.05, 4.69) is 36.3 Å². The molecule has 2 aromatic carbocycles. The monoisotopic (exact) mass is 307 g/mol. The summed E-state index contributed by atoms with van der Waals surface area (Å²) in [5.41, 5.74) is 7.39. The van der Waals surface area contributed by atoms with Crippen molar-refractivity contribution in [3.63, 3.8) is 0 Å². The van der Waals surface area contributed by atoms with Crippen LogP contribution in [0.3, 0.4) is 0 Å². The van der Waals surface area contributed by atoms with Crippen LogP contribution in [0.25, 0.3) is 11.0 Å². The van der Waals surface area contributed by atoms with E-state index in [1.165, 1.54) is 11.1 Å². The van der Waals surface area contributed by atoms with Gasteiger partial charge in [-0.15, -0.1) is 0 Å². The van der Waals surface area contributed by atoms with E-state index in [-0.39, 0.29) is 12.5 Å². The van der Waals surface area contributed by atoms with Gasteiger partial charge in [-0.05, 0) is 68.1 Å². The van der Waals surface area contributed by atoms with Crippen molar-refractivity contribution in [2.24, 2.45) is 0 Å². The summed E-state index contributed by atoms with van der Waals surface area (Å²) in [5, 5.41) is 2.99. The number of anilines is 1. The van der Waals surface area contributed by atoms with Crippen molar-refractivity contribution < 1.29 is 4.79 Å². The topological polar surface area (TPSA) is 46.9 Å². The quantitative estimate of drug-likeness (QED) is 0.797. The lowest BCUT2D eigenvalue weighted by molar-refractivity contribution is -0.116. The average Bonchev–Trinajstić information content (AvgIpc) is 2.85. The fourth-order valence-electron chi connectivity index (χ4n) is 2.65. The first-order chi connectivity index (χ1) is 10.9. The molecule has 0 unspecified atom stereocenters. The summed E-state index contributed by atoms with van der Waals surface area (Å²) in [6.45, 7) is 8.41. The maximum Gasteiger partial charge on any atom is 0.244 e. The Morgan fingerprint density at radius 2 is 1.78 bits per heavy atom. The molecule has 1 N–H and O–H groups in total. The van der Waals surface area contributed by atoms with Crippen LogP contribution in [-0.2, 0) is 11.3 Å². The molecule has 1 amide bonds. The van der Waals surface area contributed by atoms with Crippen LogP contribution in [0.4, 0.5) is 5.69 Å². The molecule has 0 saturated carbocycles. The van der Waals surface area contributed by atoms with Gasteiger partial charge in [0.2, 0.25) is 5.91 Å². The number of hydrogen-bond acceptors (Lipinski definition) is 2. The summed E-state index contributed by atoms with van der Waals surface area (Å²) in [5.74, 6) is -0.0452. The van der Waals surface area contributed by atoms with Crippen LogP contribution in [-0.4, -0.2) is 15.5 Å². The molecule has 0 aliphatic heterocycles. The SMILES string of the molecule is Cc1ccc(C)c(NC(=O)Cn2cnc3cc(C)c(C)cc32)c1. The minimum absolute atomic E-state index is 0.0452. The summed E-state index contributed by atoms with van der Waals surface area (Å²) >= 11 is 0. The van der Waals surface area contributed by atoms with Gasteiger partial charge in [-0.1, -0.05) is 12.1 Å². The van der Waals surface area contributed by atoms with Gasteiger partial charge in [0.15, 0.2) is 0 Å². The number of hydrogen-bond donors (Lipinski definition) is 1. The lowest BCUT2D eigenvalue weighted by Crippen LogP contribution is -2.18. The van der Waals surface area contributed by atoms with Crippen LogP contribution in [0.1, 0.15) is 22.3 Å². The fourth-order valence-corrected chi connectivity index (χ4v) is 2.65. The average molecular weight is 307 g/mol. The Bertz CT molecular complexity index is 893. The first-order valence-corrected chi connectivity index (χ1v) is 7.73. The predicted molar refractivity (Wildman–Crippen MR) is 93.8 cm³/mol.